The normalized spacial score (nSPS) is 19.0. The zero-order chi connectivity index (χ0) is 14.7. The van der Waals surface area contributed by atoms with Gasteiger partial charge in [-0.2, -0.15) is 0 Å². The van der Waals surface area contributed by atoms with E-state index in [1.165, 1.54) is 36.5 Å². The van der Waals surface area contributed by atoms with Gasteiger partial charge in [0.1, 0.15) is 0 Å². The number of rotatable bonds is 5. The average molecular weight is 283 g/mol. The molecule has 0 aliphatic heterocycles. The van der Waals surface area contributed by atoms with Crippen LogP contribution in [-0.2, 0) is 0 Å². The van der Waals surface area contributed by atoms with E-state index >= 15 is 0 Å². The molecule has 2 heteroatoms. The first kappa shape index (κ1) is 14.6. The minimum absolute atomic E-state index is 0.432. The Labute approximate surface area is 127 Å². The highest BCUT2D eigenvalue weighted by atomic mass is 16.3. The molecule has 2 aromatic carbocycles. The summed E-state index contributed by atoms with van der Waals surface area (Å²) in [6, 6.07) is 15.0. The molecular weight excluding hydrogens is 258 g/mol. The van der Waals surface area contributed by atoms with E-state index in [1.807, 2.05) is 18.2 Å². The van der Waals surface area contributed by atoms with Crippen LogP contribution in [0.5, 0.6) is 0 Å². The van der Waals surface area contributed by atoms with Crippen molar-refractivity contribution in [2.24, 2.45) is 5.92 Å². The second-order valence-corrected chi connectivity index (χ2v) is 6.36. The lowest BCUT2D eigenvalue weighted by atomic mass is 9.99. The fourth-order valence-corrected chi connectivity index (χ4v) is 3.45. The quantitative estimate of drug-likeness (QED) is 0.868. The number of fused-ring (bicyclic) bond motifs is 1. The molecule has 0 aromatic heterocycles. The molecule has 0 radical (unpaired) electrons. The van der Waals surface area contributed by atoms with E-state index in [4.69, 9.17) is 0 Å². The summed E-state index contributed by atoms with van der Waals surface area (Å²) in [5.74, 6) is 0.786. The molecular formula is C19H25NO. The third kappa shape index (κ3) is 3.45. The maximum Gasteiger partial charge on any atom is 0.0914 e. The fraction of sp³-hybridized carbons (Fsp3) is 0.474. The van der Waals surface area contributed by atoms with Crippen LogP contribution < -0.4 is 5.32 Å². The summed E-state index contributed by atoms with van der Waals surface area (Å²) in [6.45, 7) is 2.89. The topological polar surface area (TPSA) is 32.3 Å². The van der Waals surface area contributed by atoms with Crippen LogP contribution in [0.3, 0.4) is 0 Å². The van der Waals surface area contributed by atoms with Crippen molar-refractivity contribution in [2.75, 3.05) is 6.54 Å². The number of nitrogens with one attached hydrogen (secondary N) is 1. The van der Waals surface area contributed by atoms with Crippen molar-refractivity contribution in [3.8, 4) is 0 Å². The minimum atomic E-state index is -0.432. The SMILES string of the molecule is C[C@H](NCC(O)c1ccc2ccccc2c1)C1CCCC1. The lowest BCUT2D eigenvalue weighted by molar-refractivity contribution is 0.165. The smallest absolute Gasteiger partial charge is 0.0914 e. The second-order valence-electron chi connectivity index (χ2n) is 6.36. The summed E-state index contributed by atoms with van der Waals surface area (Å²) in [4.78, 5) is 0. The summed E-state index contributed by atoms with van der Waals surface area (Å²) in [5, 5.41) is 16.3. The molecule has 2 atom stereocenters. The molecule has 2 nitrogen and oxygen atoms in total. The lowest BCUT2D eigenvalue weighted by Crippen LogP contribution is -2.35. The molecule has 1 fully saturated rings. The van der Waals surface area contributed by atoms with E-state index in [2.05, 4.69) is 36.5 Å². The van der Waals surface area contributed by atoms with Crippen LogP contribution in [0, 0.1) is 5.92 Å². The first-order chi connectivity index (χ1) is 10.2. The van der Waals surface area contributed by atoms with Crippen LogP contribution in [0.25, 0.3) is 10.8 Å². The van der Waals surface area contributed by atoms with Gasteiger partial charge in [0.2, 0.25) is 0 Å². The molecule has 1 saturated carbocycles. The maximum absolute atomic E-state index is 10.4. The molecule has 2 N–H and O–H groups in total. The Kier molecular flexibility index (Phi) is 4.57. The number of benzene rings is 2. The molecule has 1 aliphatic carbocycles. The highest BCUT2D eigenvalue weighted by Gasteiger charge is 2.21. The van der Waals surface area contributed by atoms with Gasteiger partial charge in [-0.25, -0.2) is 0 Å². The van der Waals surface area contributed by atoms with Gasteiger partial charge in [-0.1, -0.05) is 49.2 Å². The summed E-state index contributed by atoms with van der Waals surface area (Å²) in [5.41, 5.74) is 1.000. The highest BCUT2D eigenvalue weighted by molar-refractivity contribution is 5.83. The predicted molar refractivity (Wildman–Crippen MR) is 88.3 cm³/mol. The summed E-state index contributed by atoms with van der Waals surface area (Å²) in [7, 11) is 0. The zero-order valence-corrected chi connectivity index (χ0v) is 12.8. The molecule has 1 aliphatic rings. The first-order valence-electron chi connectivity index (χ1n) is 8.14. The Bertz CT molecular complexity index is 589. The van der Waals surface area contributed by atoms with Crippen molar-refractivity contribution in [2.45, 2.75) is 44.8 Å². The number of hydrogen-bond acceptors (Lipinski definition) is 2. The van der Waals surface area contributed by atoms with Gasteiger partial charge in [-0.15, -0.1) is 0 Å². The Morgan fingerprint density at radius 2 is 1.81 bits per heavy atom. The minimum Gasteiger partial charge on any atom is -0.387 e. The number of aliphatic hydroxyl groups excluding tert-OH is 1. The van der Waals surface area contributed by atoms with Gasteiger partial charge in [0, 0.05) is 12.6 Å². The average Bonchev–Trinajstić information content (AvgIpc) is 3.06. The molecule has 0 amide bonds. The van der Waals surface area contributed by atoms with Crippen LogP contribution in [0.1, 0.15) is 44.3 Å². The number of aliphatic hydroxyl groups is 1. The van der Waals surface area contributed by atoms with Gasteiger partial charge in [0.05, 0.1) is 6.10 Å². The van der Waals surface area contributed by atoms with Gasteiger partial charge in [0.25, 0.3) is 0 Å². The van der Waals surface area contributed by atoms with Crippen LogP contribution in [0.15, 0.2) is 42.5 Å². The fourth-order valence-electron chi connectivity index (χ4n) is 3.45. The van der Waals surface area contributed by atoms with Crippen LogP contribution in [-0.4, -0.2) is 17.7 Å². The van der Waals surface area contributed by atoms with Crippen molar-refractivity contribution in [1.29, 1.82) is 0 Å². The second kappa shape index (κ2) is 6.59. The third-order valence-corrected chi connectivity index (χ3v) is 4.90. The summed E-state index contributed by atoms with van der Waals surface area (Å²) >= 11 is 0. The van der Waals surface area contributed by atoms with Crippen LogP contribution >= 0.6 is 0 Å². The third-order valence-electron chi connectivity index (χ3n) is 4.90. The van der Waals surface area contributed by atoms with Crippen molar-refractivity contribution in [3.05, 3.63) is 48.0 Å². The highest BCUT2D eigenvalue weighted by Crippen LogP contribution is 2.28. The monoisotopic (exact) mass is 283 g/mol. The Morgan fingerprint density at radius 1 is 1.10 bits per heavy atom. The summed E-state index contributed by atoms with van der Waals surface area (Å²) in [6.07, 6.45) is 4.97. The van der Waals surface area contributed by atoms with E-state index in [0.717, 1.165) is 11.5 Å². The van der Waals surface area contributed by atoms with E-state index in [-0.39, 0.29) is 0 Å². The molecule has 112 valence electrons. The standard InChI is InChI=1S/C19H25NO/c1-14(15-6-2-3-7-15)20-13-19(21)18-11-10-16-8-4-5-9-17(16)12-18/h4-5,8-12,14-15,19-21H,2-3,6-7,13H2,1H3/t14-,19?/m0/s1. The van der Waals surface area contributed by atoms with E-state index < -0.39 is 6.10 Å². The van der Waals surface area contributed by atoms with Gasteiger partial charge >= 0.3 is 0 Å². The van der Waals surface area contributed by atoms with Crippen LogP contribution in [0.2, 0.25) is 0 Å². The van der Waals surface area contributed by atoms with Crippen molar-refractivity contribution >= 4 is 10.8 Å². The molecule has 0 heterocycles. The Balaban J connectivity index is 1.62. The van der Waals surface area contributed by atoms with Gasteiger partial charge < -0.3 is 10.4 Å². The molecule has 1 unspecified atom stereocenters. The van der Waals surface area contributed by atoms with Crippen molar-refractivity contribution in [1.82, 2.24) is 5.32 Å². The molecule has 0 spiro atoms. The largest absolute Gasteiger partial charge is 0.387 e. The van der Waals surface area contributed by atoms with Gasteiger partial charge in [-0.3, -0.25) is 0 Å². The van der Waals surface area contributed by atoms with Crippen molar-refractivity contribution in [3.63, 3.8) is 0 Å². The Hall–Kier alpha value is -1.38. The first-order valence-corrected chi connectivity index (χ1v) is 8.14. The zero-order valence-electron chi connectivity index (χ0n) is 12.8. The van der Waals surface area contributed by atoms with Gasteiger partial charge in [0.15, 0.2) is 0 Å². The van der Waals surface area contributed by atoms with Gasteiger partial charge in [-0.05, 0) is 48.1 Å². The van der Waals surface area contributed by atoms with E-state index in [9.17, 15) is 5.11 Å². The molecule has 0 bridgehead atoms. The maximum atomic E-state index is 10.4. The number of hydrogen-bond donors (Lipinski definition) is 2. The van der Waals surface area contributed by atoms with Crippen LogP contribution in [0.4, 0.5) is 0 Å². The molecule has 3 rings (SSSR count). The van der Waals surface area contributed by atoms with E-state index in [1.54, 1.807) is 0 Å². The molecule has 2 aromatic rings. The lowest BCUT2D eigenvalue weighted by Gasteiger charge is -2.22. The Morgan fingerprint density at radius 3 is 2.57 bits per heavy atom. The molecule has 21 heavy (non-hydrogen) atoms. The molecule has 0 saturated heterocycles. The van der Waals surface area contributed by atoms with Crippen molar-refractivity contribution < 1.29 is 5.11 Å². The predicted octanol–water partition coefficient (Wildman–Crippen LogP) is 4.04. The van der Waals surface area contributed by atoms with E-state index in [0.29, 0.717) is 12.6 Å². The summed E-state index contributed by atoms with van der Waals surface area (Å²) < 4.78 is 0.